The van der Waals surface area contributed by atoms with Gasteiger partial charge in [-0.05, 0) is 32.9 Å². The van der Waals surface area contributed by atoms with Crippen molar-refractivity contribution in [1.82, 2.24) is 10.3 Å². The van der Waals surface area contributed by atoms with Crippen LogP contribution in [0.15, 0.2) is 24.5 Å². The number of nitrogens with zero attached hydrogens (tertiary/aromatic N) is 2. The van der Waals surface area contributed by atoms with Crippen LogP contribution in [0.5, 0.6) is 0 Å². The molecule has 0 spiro atoms. The zero-order valence-electron chi connectivity index (χ0n) is 12.8. The van der Waals surface area contributed by atoms with Crippen LogP contribution in [0, 0.1) is 0 Å². The highest BCUT2D eigenvalue weighted by Gasteiger charge is 2.35. The molecule has 6 heteroatoms. The molecule has 1 aliphatic heterocycles. The van der Waals surface area contributed by atoms with Crippen LogP contribution in [0.1, 0.15) is 41.0 Å². The fourth-order valence-corrected chi connectivity index (χ4v) is 2.31. The average molecular weight is 309 g/mol. The van der Waals surface area contributed by atoms with Gasteiger partial charge in [0.05, 0.1) is 0 Å². The zero-order valence-corrected chi connectivity index (χ0v) is 12.8. The molecule has 0 bridgehead atoms. The number of alkyl carbamates (subject to hydrolysis) is 1. The van der Waals surface area contributed by atoms with E-state index in [-0.39, 0.29) is 7.43 Å². The van der Waals surface area contributed by atoms with Gasteiger partial charge in [0, 0.05) is 44.0 Å². The first kappa shape index (κ1) is 18.2. The highest BCUT2D eigenvalue weighted by Crippen LogP contribution is 2.24. The van der Waals surface area contributed by atoms with Crippen LogP contribution in [0.25, 0.3) is 0 Å². The van der Waals surface area contributed by atoms with Gasteiger partial charge in [0.15, 0.2) is 0 Å². The van der Waals surface area contributed by atoms with E-state index in [0.717, 1.165) is 5.69 Å². The molecule has 1 aromatic rings. The van der Waals surface area contributed by atoms with E-state index in [1.807, 2.05) is 12.1 Å². The molecule has 0 aromatic carbocycles. The van der Waals surface area contributed by atoms with Gasteiger partial charge < -0.3 is 14.7 Å². The Morgan fingerprint density at radius 3 is 2.36 bits per heavy atom. The number of hydrogen-bond donors (Lipinski definition) is 2. The van der Waals surface area contributed by atoms with Gasteiger partial charge in [-0.2, -0.15) is 0 Å². The van der Waals surface area contributed by atoms with Crippen molar-refractivity contribution in [1.29, 1.82) is 0 Å². The van der Waals surface area contributed by atoms with Gasteiger partial charge in [0.25, 0.3) is 0 Å². The molecule has 1 aromatic heterocycles. The lowest BCUT2D eigenvalue weighted by Crippen LogP contribution is -2.56. The Labute approximate surface area is 132 Å². The smallest absolute Gasteiger partial charge is 0.409 e. The minimum absolute atomic E-state index is 0. The first-order chi connectivity index (χ1) is 9.77. The van der Waals surface area contributed by atoms with Gasteiger partial charge in [-0.15, -0.1) is 0 Å². The van der Waals surface area contributed by atoms with E-state index in [1.165, 1.54) is 0 Å². The highest BCUT2D eigenvalue weighted by molar-refractivity contribution is 5.68. The summed E-state index contributed by atoms with van der Waals surface area (Å²) in [5, 5.41) is 13.0. The summed E-state index contributed by atoms with van der Waals surface area (Å²) in [6.45, 7) is 6.71. The number of amides is 1. The fraction of sp³-hybridized carbons (Fsp3) is 0.625. The standard InChI is InChI=1S/C15H23N3O3.CH4/c1-14(2,3)21-13(19)17-15(20)6-10-18(11-7-15)12-4-8-16-9-5-12;/h4-5,8-9,20H,6-7,10-11H2,1-3H3,(H,17,19);1H4. The Hall–Kier alpha value is -1.82. The van der Waals surface area contributed by atoms with Crippen molar-refractivity contribution < 1.29 is 14.6 Å². The molecule has 0 radical (unpaired) electrons. The number of anilines is 1. The van der Waals surface area contributed by atoms with Gasteiger partial charge in [0.1, 0.15) is 11.3 Å². The summed E-state index contributed by atoms with van der Waals surface area (Å²) in [6, 6.07) is 3.87. The van der Waals surface area contributed by atoms with Crippen LogP contribution in [-0.4, -0.2) is 40.6 Å². The Morgan fingerprint density at radius 2 is 1.86 bits per heavy atom. The molecule has 1 aliphatic rings. The lowest BCUT2D eigenvalue weighted by molar-refractivity contribution is -0.0288. The van der Waals surface area contributed by atoms with Crippen LogP contribution in [0.2, 0.25) is 0 Å². The summed E-state index contributed by atoms with van der Waals surface area (Å²) in [7, 11) is 0. The Balaban J connectivity index is 0.00000242. The summed E-state index contributed by atoms with van der Waals surface area (Å²) >= 11 is 0. The van der Waals surface area contributed by atoms with Gasteiger partial charge in [-0.1, -0.05) is 7.43 Å². The van der Waals surface area contributed by atoms with Crippen molar-refractivity contribution in [3.05, 3.63) is 24.5 Å². The van der Waals surface area contributed by atoms with E-state index in [1.54, 1.807) is 33.2 Å². The maximum Gasteiger partial charge on any atom is 0.409 e. The third-order valence-corrected chi connectivity index (χ3v) is 3.35. The molecule has 124 valence electrons. The number of nitrogens with one attached hydrogen (secondary N) is 1. The maximum absolute atomic E-state index is 11.8. The van der Waals surface area contributed by atoms with Crippen LogP contribution in [-0.2, 0) is 4.74 Å². The zero-order chi connectivity index (χ0) is 15.5. The monoisotopic (exact) mass is 309 g/mol. The van der Waals surface area contributed by atoms with E-state index in [2.05, 4.69) is 15.2 Å². The number of hydrogen-bond acceptors (Lipinski definition) is 5. The first-order valence-corrected chi connectivity index (χ1v) is 7.16. The molecule has 2 heterocycles. The van der Waals surface area contributed by atoms with Crippen molar-refractivity contribution in [2.75, 3.05) is 18.0 Å². The minimum Gasteiger partial charge on any atom is -0.444 e. The number of pyridine rings is 1. The number of ether oxygens (including phenoxy) is 1. The third kappa shape index (κ3) is 5.18. The third-order valence-electron chi connectivity index (χ3n) is 3.35. The van der Waals surface area contributed by atoms with E-state index in [0.29, 0.717) is 25.9 Å². The SMILES string of the molecule is C.CC(C)(C)OC(=O)NC1(O)CCN(c2ccncc2)CC1. The maximum atomic E-state index is 11.8. The lowest BCUT2D eigenvalue weighted by atomic mass is 10.00. The molecule has 0 saturated carbocycles. The van der Waals surface area contributed by atoms with Gasteiger partial charge >= 0.3 is 6.09 Å². The van der Waals surface area contributed by atoms with Crippen LogP contribution < -0.4 is 10.2 Å². The second kappa shape index (κ2) is 6.96. The van der Waals surface area contributed by atoms with Crippen molar-refractivity contribution in [3.8, 4) is 0 Å². The molecule has 1 fully saturated rings. The van der Waals surface area contributed by atoms with Crippen LogP contribution >= 0.6 is 0 Å². The number of rotatable bonds is 2. The Kier molecular flexibility index (Phi) is 5.77. The number of piperidine rings is 1. The Bertz CT molecular complexity index is 477. The predicted molar refractivity (Wildman–Crippen MR) is 86.7 cm³/mol. The van der Waals surface area contributed by atoms with Crippen molar-refractivity contribution in [2.45, 2.75) is 52.4 Å². The molecule has 0 atom stereocenters. The fourth-order valence-electron chi connectivity index (χ4n) is 2.31. The molecular formula is C16H27N3O3. The molecule has 6 nitrogen and oxygen atoms in total. The van der Waals surface area contributed by atoms with Gasteiger partial charge in [-0.25, -0.2) is 4.79 Å². The molecular weight excluding hydrogens is 282 g/mol. The second-order valence-electron chi connectivity index (χ2n) is 6.35. The Morgan fingerprint density at radius 1 is 1.32 bits per heavy atom. The molecule has 1 saturated heterocycles. The minimum atomic E-state index is -1.20. The summed E-state index contributed by atoms with van der Waals surface area (Å²) in [5.74, 6) is 0. The number of carbonyl (C=O) groups excluding carboxylic acids is 1. The first-order valence-electron chi connectivity index (χ1n) is 7.16. The van der Waals surface area contributed by atoms with E-state index < -0.39 is 17.4 Å². The van der Waals surface area contributed by atoms with Crippen molar-refractivity contribution in [2.24, 2.45) is 0 Å². The molecule has 0 aliphatic carbocycles. The summed E-state index contributed by atoms with van der Waals surface area (Å²) in [5.41, 5.74) is -0.700. The summed E-state index contributed by atoms with van der Waals surface area (Å²) in [4.78, 5) is 17.9. The van der Waals surface area contributed by atoms with Gasteiger partial charge in [0.2, 0.25) is 0 Å². The number of carbonyl (C=O) groups is 1. The normalized spacial score (nSPS) is 17.4. The van der Waals surface area contributed by atoms with E-state index in [9.17, 15) is 9.90 Å². The molecule has 2 N–H and O–H groups in total. The van der Waals surface area contributed by atoms with Crippen LogP contribution in [0.3, 0.4) is 0 Å². The molecule has 1 amide bonds. The second-order valence-corrected chi connectivity index (χ2v) is 6.35. The molecule has 0 unspecified atom stereocenters. The van der Waals surface area contributed by atoms with Crippen molar-refractivity contribution in [3.63, 3.8) is 0 Å². The molecule has 2 rings (SSSR count). The van der Waals surface area contributed by atoms with E-state index >= 15 is 0 Å². The van der Waals surface area contributed by atoms with E-state index in [4.69, 9.17) is 4.74 Å². The largest absolute Gasteiger partial charge is 0.444 e. The average Bonchev–Trinajstić information content (AvgIpc) is 2.37. The van der Waals surface area contributed by atoms with Gasteiger partial charge in [-0.3, -0.25) is 10.3 Å². The summed E-state index contributed by atoms with van der Waals surface area (Å²) in [6.07, 6.45) is 3.81. The van der Waals surface area contributed by atoms with Crippen LogP contribution in [0.4, 0.5) is 10.5 Å². The predicted octanol–water partition coefficient (Wildman–Crippen LogP) is 2.53. The lowest BCUT2D eigenvalue weighted by Gasteiger charge is -2.39. The molecule has 22 heavy (non-hydrogen) atoms. The van der Waals surface area contributed by atoms with Crippen molar-refractivity contribution >= 4 is 11.8 Å². The quantitative estimate of drug-likeness (QED) is 0.821. The number of aliphatic hydroxyl groups is 1. The summed E-state index contributed by atoms with van der Waals surface area (Å²) < 4.78 is 5.19. The topological polar surface area (TPSA) is 74.7 Å². The highest BCUT2D eigenvalue weighted by atomic mass is 16.6. The number of aromatic nitrogens is 1.